The lowest BCUT2D eigenvalue weighted by Gasteiger charge is -2.09. The number of rotatable bonds is 5. The topological polar surface area (TPSA) is 118 Å². The number of fused-ring (bicyclic) bond motifs is 1. The quantitative estimate of drug-likeness (QED) is 0.489. The Kier molecular flexibility index (Phi) is 5.53. The van der Waals surface area contributed by atoms with Crippen molar-refractivity contribution in [2.24, 2.45) is 12.2 Å². The van der Waals surface area contributed by atoms with E-state index in [1.165, 1.54) is 6.07 Å². The van der Waals surface area contributed by atoms with E-state index >= 15 is 0 Å². The van der Waals surface area contributed by atoms with Crippen LogP contribution in [0.25, 0.3) is 22.0 Å². The molecule has 0 aliphatic rings. The number of carbonyl (C=O) groups excluding carboxylic acids is 1. The van der Waals surface area contributed by atoms with Crippen LogP contribution in [0.15, 0.2) is 77.8 Å². The van der Waals surface area contributed by atoms with E-state index < -0.39 is 10.0 Å². The molecule has 0 saturated heterocycles. The summed E-state index contributed by atoms with van der Waals surface area (Å²) in [5.74, 6) is -0.197. The van der Waals surface area contributed by atoms with Gasteiger partial charge in [0.2, 0.25) is 15.9 Å². The Labute approximate surface area is 185 Å². The van der Waals surface area contributed by atoms with E-state index in [0.717, 1.165) is 16.5 Å². The normalized spacial score (nSPS) is 11.3. The molecule has 1 amide bonds. The van der Waals surface area contributed by atoms with Gasteiger partial charge in [-0.05, 0) is 47.5 Å². The maximum atomic E-state index is 12.6. The van der Waals surface area contributed by atoms with E-state index in [1.54, 1.807) is 54.6 Å². The highest BCUT2D eigenvalue weighted by Gasteiger charge is 2.15. The molecule has 4 aromatic rings. The van der Waals surface area contributed by atoms with Crippen molar-refractivity contribution in [1.82, 2.24) is 4.57 Å². The summed E-state index contributed by atoms with van der Waals surface area (Å²) in [6.45, 7) is 0. The Morgan fingerprint density at radius 2 is 1.81 bits per heavy atom. The van der Waals surface area contributed by atoms with Crippen LogP contribution in [-0.2, 0) is 28.3 Å². The second kappa shape index (κ2) is 8.30. The average Bonchev–Trinajstić information content (AvgIpc) is 3.08. The molecular formula is C24H20N4O3S. The number of primary sulfonamides is 1. The molecule has 160 valence electrons. The number of hydrogen-bond donors (Lipinski definition) is 2. The molecule has 32 heavy (non-hydrogen) atoms. The molecule has 0 aliphatic carbocycles. The maximum absolute atomic E-state index is 12.6. The van der Waals surface area contributed by atoms with Crippen molar-refractivity contribution in [2.45, 2.75) is 11.3 Å². The standard InChI is InChI=1S/C24H20N4O3S/c1-28-15-18(21-12-16(14-25)6-11-22(21)28)13-24(29)27-19-9-7-17(8-10-19)20-4-2-3-5-23(20)32(26,30)31/h2-12,15H,13H2,1H3,(H,27,29)(H2,26,30,31). The summed E-state index contributed by atoms with van der Waals surface area (Å²) in [5.41, 5.74) is 4.08. The van der Waals surface area contributed by atoms with Crippen molar-refractivity contribution in [3.8, 4) is 17.2 Å². The van der Waals surface area contributed by atoms with Crippen LogP contribution in [0.5, 0.6) is 0 Å². The molecule has 4 rings (SSSR count). The number of amides is 1. The van der Waals surface area contributed by atoms with Crippen LogP contribution < -0.4 is 10.5 Å². The summed E-state index contributed by atoms with van der Waals surface area (Å²) >= 11 is 0. The van der Waals surface area contributed by atoms with Crippen molar-refractivity contribution in [3.05, 3.63) is 84.1 Å². The first-order valence-electron chi connectivity index (χ1n) is 9.76. The highest BCUT2D eigenvalue weighted by molar-refractivity contribution is 7.89. The summed E-state index contributed by atoms with van der Waals surface area (Å²) in [6.07, 6.45) is 2.04. The largest absolute Gasteiger partial charge is 0.350 e. The molecule has 0 bridgehead atoms. The van der Waals surface area contributed by atoms with Crippen LogP contribution in [0, 0.1) is 11.3 Å². The Bertz CT molecular complexity index is 1480. The molecule has 0 unspecified atom stereocenters. The van der Waals surface area contributed by atoms with Crippen molar-refractivity contribution < 1.29 is 13.2 Å². The summed E-state index contributed by atoms with van der Waals surface area (Å²) in [5, 5.41) is 18.2. The van der Waals surface area contributed by atoms with E-state index in [2.05, 4.69) is 11.4 Å². The van der Waals surface area contributed by atoms with E-state index in [4.69, 9.17) is 10.4 Å². The fourth-order valence-corrected chi connectivity index (χ4v) is 4.51. The van der Waals surface area contributed by atoms with Gasteiger partial charge in [0.15, 0.2) is 0 Å². The maximum Gasteiger partial charge on any atom is 0.238 e. The number of sulfonamides is 1. The Morgan fingerprint density at radius 3 is 2.50 bits per heavy atom. The van der Waals surface area contributed by atoms with Gasteiger partial charge in [0.05, 0.1) is 22.9 Å². The number of nitrogens with zero attached hydrogens (tertiary/aromatic N) is 2. The first-order chi connectivity index (χ1) is 15.3. The summed E-state index contributed by atoms with van der Waals surface area (Å²) in [6, 6.07) is 20.9. The van der Waals surface area contributed by atoms with Crippen LogP contribution in [-0.4, -0.2) is 18.9 Å². The van der Waals surface area contributed by atoms with Gasteiger partial charge < -0.3 is 9.88 Å². The fourth-order valence-electron chi connectivity index (χ4n) is 3.75. The predicted molar refractivity (Wildman–Crippen MR) is 123 cm³/mol. The minimum absolute atomic E-state index is 0.0458. The second-order valence-electron chi connectivity index (χ2n) is 7.45. The molecule has 8 heteroatoms. The van der Waals surface area contributed by atoms with Gasteiger partial charge in [-0.15, -0.1) is 0 Å². The molecule has 0 spiro atoms. The average molecular weight is 445 g/mol. The molecule has 3 N–H and O–H groups in total. The minimum atomic E-state index is -3.86. The van der Waals surface area contributed by atoms with Crippen LogP contribution >= 0.6 is 0 Å². The molecular weight excluding hydrogens is 424 g/mol. The highest BCUT2D eigenvalue weighted by atomic mass is 32.2. The van der Waals surface area contributed by atoms with Gasteiger partial charge in [0, 0.05) is 35.4 Å². The number of aryl methyl sites for hydroxylation is 1. The number of anilines is 1. The number of benzene rings is 3. The molecule has 0 fully saturated rings. The SMILES string of the molecule is Cn1cc(CC(=O)Nc2ccc(-c3ccccc3S(N)(=O)=O)cc2)c2cc(C#N)ccc21. The van der Waals surface area contributed by atoms with Gasteiger partial charge in [-0.1, -0.05) is 30.3 Å². The number of nitriles is 1. The molecule has 0 radical (unpaired) electrons. The third kappa shape index (κ3) is 4.25. The molecule has 0 atom stereocenters. The van der Waals surface area contributed by atoms with Gasteiger partial charge in [-0.2, -0.15) is 5.26 Å². The number of aromatic nitrogens is 1. The van der Waals surface area contributed by atoms with Crippen LogP contribution in [0.4, 0.5) is 5.69 Å². The monoisotopic (exact) mass is 444 g/mol. The second-order valence-corrected chi connectivity index (χ2v) is 8.98. The van der Waals surface area contributed by atoms with Crippen molar-refractivity contribution in [3.63, 3.8) is 0 Å². The summed E-state index contributed by atoms with van der Waals surface area (Å²) in [7, 11) is -1.96. The molecule has 1 aromatic heterocycles. The Hall–Kier alpha value is -3.93. The van der Waals surface area contributed by atoms with Crippen LogP contribution in [0.3, 0.4) is 0 Å². The van der Waals surface area contributed by atoms with E-state index in [1.807, 2.05) is 23.9 Å². The van der Waals surface area contributed by atoms with Gasteiger partial charge in [-0.25, -0.2) is 13.6 Å². The van der Waals surface area contributed by atoms with Gasteiger partial charge in [0.25, 0.3) is 0 Å². The molecule has 3 aromatic carbocycles. The predicted octanol–water partition coefficient (Wildman–Crippen LogP) is 3.55. The van der Waals surface area contributed by atoms with Gasteiger partial charge in [0.1, 0.15) is 0 Å². The number of hydrogen-bond acceptors (Lipinski definition) is 4. The minimum Gasteiger partial charge on any atom is -0.350 e. The smallest absolute Gasteiger partial charge is 0.238 e. The third-order valence-corrected chi connectivity index (χ3v) is 6.19. The Balaban J connectivity index is 1.54. The lowest BCUT2D eigenvalue weighted by atomic mass is 10.1. The van der Waals surface area contributed by atoms with E-state index in [-0.39, 0.29) is 17.2 Å². The van der Waals surface area contributed by atoms with Crippen molar-refractivity contribution >= 4 is 32.5 Å². The lowest BCUT2D eigenvalue weighted by Crippen LogP contribution is -2.14. The molecule has 0 saturated carbocycles. The van der Waals surface area contributed by atoms with Crippen LogP contribution in [0.1, 0.15) is 11.1 Å². The van der Waals surface area contributed by atoms with Gasteiger partial charge in [-0.3, -0.25) is 4.79 Å². The molecule has 0 aliphatic heterocycles. The van der Waals surface area contributed by atoms with Crippen molar-refractivity contribution in [1.29, 1.82) is 5.26 Å². The summed E-state index contributed by atoms with van der Waals surface area (Å²) in [4.78, 5) is 12.7. The highest BCUT2D eigenvalue weighted by Crippen LogP contribution is 2.28. The first-order valence-corrected chi connectivity index (χ1v) is 11.3. The molecule has 1 heterocycles. The Morgan fingerprint density at radius 1 is 1.09 bits per heavy atom. The zero-order valence-corrected chi connectivity index (χ0v) is 18.1. The fraction of sp³-hybridized carbons (Fsp3) is 0.0833. The number of nitrogens with one attached hydrogen (secondary N) is 1. The zero-order chi connectivity index (χ0) is 22.9. The van der Waals surface area contributed by atoms with E-state index in [9.17, 15) is 13.2 Å². The van der Waals surface area contributed by atoms with E-state index in [0.29, 0.717) is 22.4 Å². The molecule has 7 nitrogen and oxygen atoms in total. The van der Waals surface area contributed by atoms with Crippen LogP contribution in [0.2, 0.25) is 0 Å². The lowest BCUT2D eigenvalue weighted by molar-refractivity contribution is -0.115. The third-order valence-electron chi connectivity index (χ3n) is 5.23. The number of carbonyl (C=O) groups is 1. The first kappa shape index (κ1) is 21.3. The number of nitrogens with two attached hydrogens (primary N) is 1. The van der Waals surface area contributed by atoms with Crippen molar-refractivity contribution in [2.75, 3.05) is 5.32 Å². The zero-order valence-electron chi connectivity index (χ0n) is 17.2. The van der Waals surface area contributed by atoms with Gasteiger partial charge >= 0.3 is 0 Å². The summed E-state index contributed by atoms with van der Waals surface area (Å²) < 4.78 is 25.6.